The van der Waals surface area contributed by atoms with Gasteiger partial charge in [-0.1, -0.05) is 13.8 Å². The van der Waals surface area contributed by atoms with Crippen molar-refractivity contribution in [1.29, 1.82) is 0 Å². The Morgan fingerprint density at radius 1 is 1.22 bits per heavy atom. The zero-order valence-corrected chi connectivity index (χ0v) is 7.92. The molecular formula is C7H14Cl2. The summed E-state index contributed by atoms with van der Waals surface area (Å²) in [4.78, 5) is -0.282. The molecule has 1 unspecified atom stereocenters. The molecule has 0 fully saturated rings. The maximum Gasteiger partial charge on any atom is 0.0556 e. The lowest BCUT2D eigenvalue weighted by Gasteiger charge is -2.25. The summed E-state index contributed by atoms with van der Waals surface area (Å²) < 4.78 is 0. The first-order valence-corrected chi connectivity index (χ1v) is 4.00. The Labute approximate surface area is 67.5 Å². The minimum absolute atomic E-state index is 0.0548. The third-order valence-electron chi connectivity index (χ3n) is 1.24. The molecular weight excluding hydrogens is 155 g/mol. The Morgan fingerprint density at radius 3 is 1.56 bits per heavy atom. The molecule has 0 saturated heterocycles. The van der Waals surface area contributed by atoms with E-state index in [1.54, 1.807) is 0 Å². The Kier molecular flexibility index (Phi) is 3.32. The van der Waals surface area contributed by atoms with Gasteiger partial charge in [0.2, 0.25) is 0 Å². The molecule has 0 bridgehead atoms. The van der Waals surface area contributed by atoms with Crippen molar-refractivity contribution in [2.24, 2.45) is 5.92 Å². The molecule has 0 heterocycles. The van der Waals surface area contributed by atoms with Gasteiger partial charge in [-0.25, -0.2) is 0 Å². The average molecular weight is 169 g/mol. The van der Waals surface area contributed by atoms with Gasteiger partial charge >= 0.3 is 0 Å². The fourth-order valence-electron chi connectivity index (χ4n) is 0.793. The summed E-state index contributed by atoms with van der Waals surface area (Å²) in [5.41, 5.74) is 0. The van der Waals surface area contributed by atoms with Crippen molar-refractivity contribution in [1.82, 2.24) is 0 Å². The van der Waals surface area contributed by atoms with E-state index in [0.29, 0.717) is 5.92 Å². The Hall–Kier alpha value is 0.580. The van der Waals surface area contributed by atoms with E-state index in [9.17, 15) is 0 Å². The van der Waals surface area contributed by atoms with Crippen LogP contribution in [0.2, 0.25) is 0 Å². The van der Waals surface area contributed by atoms with Crippen LogP contribution in [0.3, 0.4) is 0 Å². The summed E-state index contributed by atoms with van der Waals surface area (Å²) in [7, 11) is 0. The van der Waals surface area contributed by atoms with Gasteiger partial charge in [-0.3, -0.25) is 0 Å². The Morgan fingerprint density at radius 2 is 1.56 bits per heavy atom. The lowest BCUT2D eigenvalue weighted by atomic mass is 9.99. The molecule has 0 saturated carbocycles. The molecule has 9 heavy (non-hydrogen) atoms. The molecule has 1 atom stereocenters. The van der Waals surface area contributed by atoms with Crippen molar-refractivity contribution in [2.45, 2.75) is 37.9 Å². The fourth-order valence-corrected chi connectivity index (χ4v) is 1.04. The Balaban J connectivity index is 3.88. The van der Waals surface area contributed by atoms with E-state index >= 15 is 0 Å². The number of rotatable bonds is 2. The third-order valence-corrected chi connectivity index (χ3v) is 2.64. The predicted molar refractivity (Wildman–Crippen MR) is 44.4 cm³/mol. The topological polar surface area (TPSA) is 0 Å². The van der Waals surface area contributed by atoms with Crippen LogP contribution in [0.5, 0.6) is 0 Å². The van der Waals surface area contributed by atoms with Crippen molar-refractivity contribution in [3.05, 3.63) is 0 Å². The summed E-state index contributed by atoms with van der Waals surface area (Å²) in [6.07, 6.45) is 0. The van der Waals surface area contributed by atoms with Gasteiger partial charge in [0.05, 0.1) is 10.3 Å². The molecule has 0 nitrogen and oxygen atoms in total. The van der Waals surface area contributed by atoms with Crippen LogP contribution in [0, 0.1) is 5.92 Å². The van der Waals surface area contributed by atoms with Gasteiger partial charge in [0, 0.05) is 0 Å². The maximum absolute atomic E-state index is 5.96. The molecule has 0 N–H and O–H groups in total. The van der Waals surface area contributed by atoms with Crippen molar-refractivity contribution in [3.8, 4) is 0 Å². The van der Waals surface area contributed by atoms with Gasteiger partial charge in [0.15, 0.2) is 0 Å². The van der Waals surface area contributed by atoms with Gasteiger partial charge in [-0.15, -0.1) is 23.2 Å². The van der Waals surface area contributed by atoms with E-state index in [-0.39, 0.29) is 10.3 Å². The van der Waals surface area contributed by atoms with Gasteiger partial charge < -0.3 is 0 Å². The highest BCUT2D eigenvalue weighted by molar-refractivity contribution is 6.32. The summed E-state index contributed by atoms with van der Waals surface area (Å²) >= 11 is 11.9. The van der Waals surface area contributed by atoms with Gasteiger partial charge in [0.25, 0.3) is 0 Å². The van der Waals surface area contributed by atoms with Crippen LogP contribution in [0.15, 0.2) is 0 Å². The largest absolute Gasteiger partial charge is 0.121 e. The third kappa shape index (κ3) is 3.32. The standard InChI is InChI=1S/C7H14Cl2/c1-5(2)6(8)7(3,4)9/h5-6H,1-4H3. The predicted octanol–water partition coefficient (Wildman–Crippen LogP) is 3.27. The van der Waals surface area contributed by atoms with Gasteiger partial charge in [0.1, 0.15) is 0 Å². The first-order chi connectivity index (χ1) is 3.85. The zero-order chi connectivity index (χ0) is 7.65. The second kappa shape index (κ2) is 3.12. The maximum atomic E-state index is 5.96. The molecule has 0 aromatic carbocycles. The normalized spacial score (nSPS) is 16.3. The lowest BCUT2D eigenvalue weighted by Crippen LogP contribution is -2.29. The number of halogens is 2. The first-order valence-electron chi connectivity index (χ1n) is 3.18. The van der Waals surface area contributed by atoms with E-state index in [2.05, 4.69) is 13.8 Å². The minimum atomic E-state index is -0.282. The van der Waals surface area contributed by atoms with E-state index in [1.165, 1.54) is 0 Å². The number of hydrogen-bond acceptors (Lipinski definition) is 0. The second-order valence-corrected chi connectivity index (χ2v) is 4.65. The van der Waals surface area contributed by atoms with Crippen LogP contribution in [0.1, 0.15) is 27.7 Å². The number of hydrogen-bond donors (Lipinski definition) is 0. The minimum Gasteiger partial charge on any atom is -0.121 e. The summed E-state index contributed by atoms with van der Waals surface area (Å²) in [6.45, 7) is 8.02. The van der Waals surface area contributed by atoms with E-state index < -0.39 is 0 Å². The summed E-state index contributed by atoms with van der Waals surface area (Å²) in [5.74, 6) is 0.444. The molecule has 0 spiro atoms. The smallest absolute Gasteiger partial charge is 0.0556 e. The molecule has 0 aromatic rings. The van der Waals surface area contributed by atoms with Crippen LogP contribution < -0.4 is 0 Å². The van der Waals surface area contributed by atoms with Gasteiger partial charge in [-0.2, -0.15) is 0 Å². The molecule has 0 radical (unpaired) electrons. The number of alkyl halides is 2. The molecule has 0 aliphatic rings. The summed E-state index contributed by atoms with van der Waals surface area (Å²) in [5, 5.41) is 0.0548. The molecule has 0 rings (SSSR count). The molecule has 0 aromatic heterocycles. The molecule has 2 heteroatoms. The summed E-state index contributed by atoms with van der Waals surface area (Å²) in [6, 6.07) is 0. The molecule has 0 amide bonds. The first kappa shape index (κ1) is 9.58. The van der Waals surface area contributed by atoms with Crippen LogP contribution in [0.25, 0.3) is 0 Å². The monoisotopic (exact) mass is 168 g/mol. The van der Waals surface area contributed by atoms with Crippen molar-refractivity contribution < 1.29 is 0 Å². The molecule has 56 valence electrons. The van der Waals surface area contributed by atoms with Crippen molar-refractivity contribution >= 4 is 23.2 Å². The quantitative estimate of drug-likeness (QED) is 0.556. The molecule has 0 aliphatic carbocycles. The van der Waals surface area contributed by atoms with Crippen LogP contribution >= 0.6 is 23.2 Å². The highest BCUT2D eigenvalue weighted by atomic mass is 35.5. The fraction of sp³-hybridized carbons (Fsp3) is 1.00. The van der Waals surface area contributed by atoms with Crippen molar-refractivity contribution in [2.75, 3.05) is 0 Å². The lowest BCUT2D eigenvalue weighted by molar-refractivity contribution is 0.506. The zero-order valence-electron chi connectivity index (χ0n) is 6.41. The van der Waals surface area contributed by atoms with E-state index in [4.69, 9.17) is 23.2 Å². The van der Waals surface area contributed by atoms with Crippen LogP contribution in [0.4, 0.5) is 0 Å². The van der Waals surface area contributed by atoms with E-state index in [0.717, 1.165) is 0 Å². The molecule has 0 aliphatic heterocycles. The van der Waals surface area contributed by atoms with E-state index in [1.807, 2.05) is 13.8 Å². The SMILES string of the molecule is CC(C)C(Cl)C(C)(C)Cl. The highest BCUT2D eigenvalue weighted by Gasteiger charge is 2.27. The van der Waals surface area contributed by atoms with Crippen LogP contribution in [-0.2, 0) is 0 Å². The Bertz CT molecular complexity index is 81.4. The second-order valence-electron chi connectivity index (χ2n) is 3.21. The van der Waals surface area contributed by atoms with Crippen molar-refractivity contribution in [3.63, 3.8) is 0 Å². The van der Waals surface area contributed by atoms with Gasteiger partial charge in [-0.05, 0) is 19.8 Å². The average Bonchev–Trinajstić information content (AvgIpc) is 1.62. The highest BCUT2D eigenvalue weighted by Crippen LogP contribution is 2.28. The van der Waals surface area contributed by atoms with Crippen LogP contribution in [-0.4, -0.2) is 10.3 Å².